The standard InChI is InChI=1S/C26H30N4O2S/c1-5-19-11-7-8-13-22(19)30-17(3)15-20(18(30)4)25-24(21-12-9-10-14-27-21)28-26(33)29(25)16-23(31)32-6-2/h7-15,24-25H,5-6,16H2,1-4H3,(H,28,33)/t24-,25+/m0/s1. The Morgan fingerprint density at radius 2 is 1.91 bits per heavy atom. The average molecular weight is 463 g/mol. The van der Waals surface area contributed by atoms with Crippen LogP contribution in [0.2, 0.25) is 0 Å². The molecule has 3 aromatic rings. The van der Waals surface area contributed by atoms with Crippen molar-refractivity contribution < 1.29 is 9.53 Å². The predicted molar refractivity (Wildman–Crippen MR) is 133 cm³/mol. The Bertz CT molecular complexity index is 1160. The van der Waals surface area contributed by atoms with Gasteiger partial charge in [0.05, 0.1) is 24.4 Å². The number of aromatic nitrogens is 2. The molecule has 1 aromatic carbocycles. The van der Waals surface area contributed by atoms with Crippen LogP contribution in [0.1, 0.15) is 54.1 Å². The number of nitrogens with zero attached hydrogens (tertiary/aromatic N) is 3. The monoisotopic (exact) mass is 462 g/mol. The Balaban J connectivity index is 1.83. The number of nitrogens with one attached hydrogen (secondary N) is 1. The van der Waals surface area contributed by atoms with Gasteiger partial charge in [-0.1, -0.05) is 31.2 Å². The number of carbonyl (C=O) groups is 1. The van der Waals surface area contributed by atoms with Gasteiger partial charge in [0.15, 0.2) is 5.11 Å². The molecule has 0 aliphatic carbocycles. The predicted octanol–water partition coefficient (Wildman–Crippen LogP) is 4.59. The van der Waals surface area contributed by atoms with Gasteiger partial charge < -0.3 is 19.5 Å². The van der Waals surface area contributed by atoms with Gasteiger partial charge in [-0.3, -0.25) is 9.78 Å². The number of hydrogen-bond donors (Lipinski definition) is 1. The number of para-hydroxylation sites is 1. The highest BCUT2D eigenvalue weighted by molar-refractivity contribution is 7.80. The zero-order valence-electron chi connectivity index (χ0n) is 19.5. The molecule has 0 amide bonds. The number of rotatable bonds is 7. The highest BCUT2D eigenvalue weighted by Gasteiger charge is 2.42. The fourth-order valence-electron chi connectivity index (χ4n) is 4.75. The van der Waals surface area contributed by atoms with Gasteiger partial charge in [0, 0.05) is 23.3 Å². The molecule has 0 radical (unpaired) electrons. The average Bonchev–Trinajstić information content (AvgIpc) is 3.29. The van der Waals surface area contributed by atoms with E-state index in [1.165, 1.54) is 11.3 Å². The zero-order chi connectivity index (χ0) is 23.5. The number of ether oxygens (including phenoxy) is 1. The first-order valence-electron chi connectivity index (χ1n) is 11.4. The van der Waals surface area contributed by atoms with Crippen LogP contribution in [0.25, 0.3) is 5.69 Å². The second kappa shape index (κ2) is 9.75. The van der Waals surface area contributed by atoms with Crippen LogP contribution < -0.4 is 5.32 Å². The van der Waals surface area contributed by atoms with E-state index in [1.807, 2.05) is 30.0 Å². The van der Waals surface area contributed by atoms with E-state index in [-0.39, 0.29) is 24.6 Å². The smallest absolute Gasteiger partial charge is 0.325 e. The van der Waals surface area contributed by atoms with E-state index in [0.29, 0.717) is 11.7 Å². The molecule has 33 heavy (non-hydrogen) atoms. The summed E-state index contributed by atoms with van der Waals surface area (Å²) in [6, 6.07) is 16.2. The molecule has 1 aliphatic heterocycles. The fraction of sp³-hybridized carbons (Fsp3) is 0.346. The minimum absolute atomic E-state index is 0.0862. The number of thiocarbonyl (C=S) groups is 1. The first kappa shape index (κ1) is 23.0. The molecular formula is C26H30N4O2S. The van der Waals surface area contributed by atoms with Crippen LogP contribution in [0.4, 0.5) is 0 Å². The van der Waals surface area contributed by atoms with Crippen LogP contribution in [0.3, 0.4) is 0 Å². The van der Waals surface area contributed by atoms with E-state index in [4.69, 9.17) is 17.0 Å². The van der Waals surface area contributed by atoms with E-state index in [2.05, 4.69) is 66.0 Å². The van der Waals surface area contributed by atoms with E-state index in [0.717, 1.165) is 29.1 Å². The lowest BCUT2D eigenvalue weighted by molar-refractivity contribution is -0.143. The molecule has 2 aromatic heterocycles. The summed E-state index contributed by atoms with van der Waals surface area (Å²) >= 11 is 5.69. The Morgan fingerprint density at radius 3 is 2.61 bits per heavy atom. The minimum Gasteiger partial charge on any atom is -0.465 e. The highest BCUT2D eigenvalue weighted by Crippen LogP contribution is 2.41. The largest absolute Gasteiger partial charge is 0.465 e. The van der Waals surface area contributed by atoms with Crippen LogP contribution in [-0.4, -0.2) is 38.7 Å². The highest BCUT2D eigenvalue weighted by atomic mass is 32.1. The van der Waals surface area contributed by atoms with Crippen LogP contribution >= 0.6 is 12.2 Å². The summed E-state index contributed by atoms with van der Waals surface area (Å²) < 4.78 is 7.55. The van der Waals surface area contributed by atoms with Gasteiger partial charge in [-0.05, 0) is 74.8 Å². The normalized spacial score (nSPS) is 17.8. The molecule has 3 heterocycles. The molecule has 0 bridgehead atoms. The summed E-state index contributed by atoms with van der Waals surface area (Å²) in [6.45, 7) is 8.66. The van der Waals surface area contributed by atoms with E-state index < -0.39 is 0 Å². The second-order valence-electron chi connectivity index (χ2n) is 8.20. The summed E-state index contributed by atoms with van der Waals surface area (Å²) in [6.07, 6.45) is 2.73. The molecule has 0 spiro atoms. The summed E-state index contributed by atoms with van der Waals surface area (Å²) in [5.74, 6) is -0.293. The van der Waals surface area contributed by atoms with Gasteiger partial charge in [0.1, 0.15) is 6.54 Å². The Hall–Kier alpha value is -3.19. The Labute approximate surface area is 200 Å². The van der Waals surface area contributed by atoms with E-state index in [1.54, 1.807) is 6.20 Å². The van der Waals surface area contributed by atoms with Crippen molar-refractivity contribution in [1.29, 1.82) is 0 Å². The molecule has 1 N–H and O–H groups in total. The first-order chi connectivity index (χ1) is 16.0. The van der Waals surface area contributed by atoms with E-state index in [9.17, 15) is 4.79 Å². The van der Waals surface area contributed by atoms with Gasteiger partial charge in [-0.25, -0.2) is 0 Å². The maximum absolute atomic E-state index is 12.5. The molecule has 2 atom stereocenters. The molecule has 1 fully saturated rings. The zero-order valence-corrected chi connectivity index (χ0v) is 20.4. The van der Waals surface area contributed by atoms with Crippen molar-refractivity contribution in [2.75, 3.05) is 13.2 Å². The maximum atomic E-state index is 12.5. The van der Waals surface area contributed by atoms with Crippen molar-refractivity contribution in [1.82, 2.24) is 19.8 Å². The molecule has 0 saturated carbocycles. The van der Waals surface area contributed by atoms with Gasteiger partial charge >= 0.3 is 5.97 Å². The third-order valence-electron chi connectivity index (χ3n) is 6.20. The fourth-order valence-corrected chi connectivity index (χ4v) is 5.05. The molecule has 6 nitrogen and oxygen atoms in total. The van der Waals surface area contributed by atoms with Crippen LogP contribution in [0.5, 0.6) is 0 Å². The third-order valence-corrected chi connectivity index (χ3v) is 6.56. The van der Waals surface area contributed by atoms with Crippen molar-refractivity contribution in [2.45, 2.75) is 46.2 Å². The van der Waals surface area contributed by atoms with Crippen molar-refractivity contribution >= 4 is 23.3 Å². The number of pyridine rings is 1. The number of esters is 1. The van der Waals surface area contributed by atoms with Crippen molar-refractivity contribution in [3.63, 3.8) is 0 Å². The quantitative estimate of drug-likeness (QED) is 0.410. The first-order valence-corrected chi connectivity index (χ1v) is 11.8. The number of benzene rings is 1. The van der Waals surface area contributed by atoms with Crippen molar-refractivity contribution in [3.05, 3.63) is 82.9 Å². The van der Waals surface area contributed by atoms with Crippen LogP contribution in [0, 0.1) is 13.8 Å². The molecule has 1 saturated heterocycles. The lowest BCUT2D eigenvalue weighted by Crippen LogP contribution is -2.35. The van der Waals surface area contributed by atoms with Crippen molar-refractivity contribution in [3.8, 4) is 5.69 Å². The Kier molecular flexibility index (Phi) is 6.79. The molecule has 4 rings (SSSR count). The number of carbonyl (C=O) groups excluding carboxylic acids is 1. The molecule has 172 valence electrons. The summed E-state index contributed by atoms with van der Waals surface area (Å²) in [4.78, 5) is 19.0. The van der Waals surface area contributed by atoms with Crippen LogP contribution in [-0.2, 0) is 16.0 Å². The van der Waals surface area contributed by atoms with Crippen LogP contribution in [0.15, 0.2) is 54.7 Å². The lowest BCUT2D eigenvalue weighted by atomic mass is 9.96. The van der Waals surface area contributed by atoms with Gasteiger partial charge in [0.2, 0.25) is 0 Å². The van der Waals surface area contributed by atoms with Crippen molar-refractivity contribution in [2.24, 2.45) is 0 Å². The molecule has 0 unspecified atom stereocenters. The molecule has 1 aliphatic rings. The molecular weight excluding hydrogens is 432 g/mol. The van der Waals surface area contributed by atoms with Gasteiger partial charge in [-0.15, -0.1) is 0 Å². The topological polar surface area (TPSA) is 59.4 Å². The van der Waals surface area contributed by atoms with Gasteiger partial charge in [0.25, 0.3) is 0 Å². The minimum atomic E-state index is -0.293. The number of aryl methyl sites for hydroxylation is 2. The summed E-state index contributed by atoms with van der Waals surface area (Å²) in [7, 11) is 0. The SMILES string of the molecule is CCOC(=O)CN1C(=S)N[C@@H](c2ccccn2)[C@H]1c1cc(C)n(-c2ccccc2CC)c1C. The van der Waals surface area contributed by atoms with E-state index >= 15 is 0 Å². The summed E-state index contributed by atoms with van der Waals surface area (Å²) in [5, 5.41) is 3.94. The second-order valence-corrected chi connectivity index (χ2v) is 8.59. The number of hydrogen-bond acceptors (Lipinski definition) is 4. The lowest BCUT2D eigenvalue weighted by Gasteiger charge is -2.27. The molecule has 7 heteroatoms. The maximum Gasteiger partial charge on any atom is 0.325 e. The third kappa shape index (κ3) is 4.37. The van der Waals surface area contributed by atoms with Gasteiger partial charge in [-0.2, -0.15) is 0 Å². The summed E-state index contributed by atoms with van der Waals surface area (Å²) in [5.41, 5.74) is 6.73. The Morgan fingerprint density at radius 1 is 1.15 bits per heavy atom.